The molecule has 4 nitrogen and oxygen atoms in total. The van der Waals surface area contributed by atoms with Gasteiger partial charge in [-0.05, 0) is 36.2 Å². The third-order valence-corrected chi connectivity index (χ3v) is 3.45. The molecule has 0 aliphatic carbocycles. The molecule has 1 amide bonds. The van der Waals surface area contributed by atoms with Crippen LogP contribution in [0.1, 0.15) is 12.0 Å². The van der Waals surface area contributed by atoms with Gasteiger partial charge in [0.05, 0.1) is 0 Å². The summed E-state index contributed by atoms with van der Waals surface area (Å²) >= 11 is 0. The number of halogens is 2. The van der Waals surface area contributed by atoms with E-state index in [1.807, 2.05) is 0 Å². The van der Waals surface area contributed by atoms with E-state index in [2.05, 4.69) is 5.32 Å². The van der Waals surface area contributed by atoms with Crippen LogP contribution in [0.2, 0.25) is 0 Å². The highest BCUT2D eigenvalue weighted by Gasteiger charge is 2.13. The fourth-order valence-electron chi connectivity index (χ4n) is 2.30. The van der Waals surface area contributed by atoms with E-state index in [-0.39, 0.29) is 12.3 Å². The van der Waals surface area contributed by atoms with Crippen molar-refractivity contribution in [3.63, 3.8) is 0 Å². The van der Waals surface area contributed by atoms with E-state index < -0.39 is 11.6 Å². The molecular formula is C17H15F2NO3. The zero-order valence-electron chi connectivity index (χ0n) is 12.3. The molecule has 1 aliphatic heterocycles. The summed E-state index contributed by atoms with van der Waals surface area (Å²) < 4.78 is 36.8. The molecule has 0 fully saturated rings. The maximum atomic E-state index is 13.1. The first-order chi connectivity index (χ1) is 11.1. The Labute approximate surface area is 132 Å². The van der Waals surface area contributed by atoms with Gasteiger partial charge in [0.15, 0.2) is 23.1 Å². The van der Waals surface area contributed by atoms with Crippen molar-refractivity contribution in [1.82, 2.24) is 0 Å². The summed E-state index contributed by atoms with van der Waals surface area (Å²) in [7, 11) is 0. The lowest BCUT2D eigenvalue weighted by Crippen LogP contribution is -2.16. The smallest absolute Gasteiger partial charge is 0.224 e. The van der Waals surface area contributed by atoms with Crippen LogP contribution < -0.4 is 14.8 Å². The predicted octanol–water partition coefficient (Wildman–Crippen LogP) is 3.31. The Kier molecular flexibility index (Phi) is 4.41. The fourth-order valence-corrected chi connectivity index (χ4v) is 2.30. The zero-order valence-corrected chi connectivity index (χ0v) is 12.3. The summed E-state index contributed by atoms with van der Waals surface area (Å²) in [5, 5.41) is 2.75. The van der Waals surface area contributed by atoms with Gasteiger partial charge < -0.3 is 14.8 Å². The van der Waals surface area contributed by atoms with E-state index in [9.17, 15) is 13.6 Å². The lowest BCUT2D eigenvalue weighted by atomic mass is 10.1. The van der Waals surface area contributed by atoms with Crippen LogP contribution in [-0.4, -0.2) is 19.1 Å². The van der Waals surface area contributed by atoms with Gasteiger partial charge in [0, 0.05) is 18.2 Å². The number of benzene rings is 2. The second-order valence-corrected chi connectivity index (χ2v) is 5.16. The average Bonchev–Trinajstić information content (AvgIpc) is 2.56. The molecule has 3 rings (SSSR count). The fraction of sp³-hybridized carbons (Fsp3) is 0.235. The second kappa shape index (κ2) is 6.64. The summed E-state index contributed by atoms with van der Waals surface area (Å²) in [5.41, 5.74) is 1.17. The van der Waals surface area contributed by atoms with Crippen LogP contribution in [0.3, 0.4) is 0 Å². The van der Waals surface area contributed by atoms with Gasteiger partial charge in [-0.1, -0.05) is 6.07 Å². The first-order valence-electron chi connectivity index (χ1n) is 7.25. The molecule has 120 valence electrons. The second-order valence-electron chi connectivity index (χ2n) is 5.16. The number of nitrogens with one attached hydrogen (secondary N) is 1. The number of carbonyl (C=O) groups is 1. The Morgan fingerprint density at radius 2 is 1.78 bits per heavy atom. The molecule has 2 aromatic carbocycles. The van der Waals surface area contributed by atoms with Crippen LogP contribution in [0.15, 0.2) is 36.4 Å². The van der Waals surface area contributed by atoms with Crippen molar-refractivity contribution >= 4 is 11.6 Å². The minimum atomic E-state index is -0.908. The number of amides is 1. The third kappa shape index (κ3) is 3.77. The van der Waals surface area contributed by atoms with Crippen molar-refractivity contribution in [3.05, 3.63) is 53.6 Å². The lowest BCUT2D eigenvalue weighted by molar-refractivity contribution is -0.116. The van der Waals surface area contributed by atoms with Gasteiger partial charge in [0.25, 0.3) is 0 Å². The van der Waals surface area contributed by atoms with E-state index in [0.29, 0.717) is 42.4 Å². The van der Waals surface area contributed by atoms with Crippen molar-refractivity contribution in [1.29, 1.82) is 0 Å². The summed E-state index contributed by atoms with van der Waals surface area (Å²) in [6.07, 6.45) is 0.493. The van der Waals surface area contributed by atoms with Crippen LogP contribution in [0, 0.1) is 11.6 Å². The molecule has 6 heteroatoms. The van der Waals surface area contributed by atoms with Crippen LogP contribution in [0.4, 0.5) is 14.5 Å². The molecule has 0 bridgehead atoms. The predicted molar refractivity (Wildman–Crippen MR) is 80.7 cm³/mol. The lowest BCUT2D eigenvalue weighted by Gasteiger charge is -2.19. The minimum absolute atomic E-state index is 0.166. The van der Waals surface area contributed by atoms with Gasteiger partial charge in [-0.3, -0.25) is 4.79 Å². The highest BCUT2D eigenvalue weighted by molar-refractivity contribution is 5.91. The molecule has 0 radical (unpaired) electrons. The topological polar surface area (TPSA) is 47.6 Å². The van der Waals surface area contributed by atoms with Crippen LogP contribution >= 0.6 is 0 Å². The SMILES string of the molecule is O=C(CCc1ccc(F)c(F)c1)Nc1ccc2c(c1)OCCO2. The molecule has 1 aliphatic rings. The average molecular weight is 319 g/mol. The largest absolute Gasteiger partial charge is 0.486 e. The Bertz CT molecular complexity index is 734. The molecule has 1 heterocycles. The first-order valence-corrected chi connectivity index (χ1v) is 7.25. The van der Waals surface area contributed by atoms with Crippen molar-refractivity contribution in [2.45, 2.75) is 12.8 Å². The van der Waals surface area contributed by atoms with Crippen molar-refractivity contribution in [2.75, 3.05) is 18.5 Å². The maximum Gasteiger partial charge on any atom is 0.224 e. The van der Waals surface area contributed by atoms with E-state index >= 15 is 0 Å². The molecule has 0 unspecified atom stereocenters. The monoisotopic (exact) mass is 319 g/mol. The number of fused-ring (bicyclic) bond motifs is 1. The quantitative estimate of drug-likeness (QED) is 0.940. The number of hydrogen-bond acceptors (Lipinski definition) is 3. The number of rotatable bonds is 4. The van der Waals surface area contributed by atoms with E-state index in [0.717, 1.165) is 12.1 Å². The van der Waals surface area contributed by atoms with Gasteiger partial charge in [-0.15, -0.1) is 0 Å². The van der Waals surface area contributed by atoms with Crippen molar-refractivity contribution in [2.24, 2.45) is 0 Å². The summed E-state index contributed by atoms with van der Waals surface area (Å²) in [6, 6.07) is 8.79. The summed E-state index contributed by atoms with van der Waals surface area (Å²) in [6.45, 7) is 0.980. The molecular weight excluding hydrogens is 304 g/mol. The van der Waals surface area contributed by atoms with Crippen LogP contribution in [-0.2, 0) is 11.2 Å². The molecule has 0 spiro atoms. The normalized spacial score (nSPS) is 12.8. The van der Waals surface area contributed by atoms with Gasteiger partial charge in [-0.25, -0.2) is 8.78 Å². The highest BCUT2D eigenvalue weighted by Crippen LogP contribution is 2.32. The van der Waals surface area contributed by atoms with Gasteiger partial charge in [0.2, 0.25) is 5.91 Å². The Morgan fingerprint density at radius 1 is 1.00 bits per heavy atom. The molecule has 0 saturated heterocycles. The van der Waals surface area contributed by atoms with Gasteiger partial charge in [0.1, 0.15) is 13.2 Å². The zero-order chi connectivity index (χ0) is 16.2. The van der Waals surface area contributed by atoms with Crippen LogP contribution in [0.5, 0.6) is 11.5 Å². The molecule has 2 aromatic rings. The summed E-state index contributed by atoms with van der Waals surface area (Å²) in [5.74, 6) is -0.777. The molecule has 0 saturated carbocycles. The Morgan fingerprint density at radius 3 is 2.57 bits per heavy atom. The van der Waals surface area contributed by atoms with Gasteiger partial charge in [-0.2, -0.15) is 0 Å². The van der Waals surface area contributed by atoms with Crippen LogP contribution in [0.25, 0.3) is 0 Å². The van der Waals surface area contributed by atoms with E-state index in [1.54, 1.807) is 18.2 Å². The van der Waals surface area contributed by atoms with E-state index in [1.165, 1.54) is 6.07 Å². The number of anilines is 1. The standard InChI is InChI=1S/C17H15F2NO3/c18-13-4-1-11(9-14(13)19)2-6-17(21)20-12-3-5-15-16(10-12)23-8-7-22-15/h1,3-5,9-10H,2,6-8H2,(H,20,21). The number of ether oxygens (including phenoxy) is 2. The number of aryl methyl sites for hydroxylation is 1. The Balaban J connectivity index is 1.57. The molecule has 0 aromatic heterocycles. The highest BCUT2D eigenvalue weighted by atomic mass is 19.2. The molecule has 0 atom stereocenters. The van der Waals surface area contributed by atoms with E-state index in [4.69, 9.17) is 9.47 Å². The van der Waals surface area contributed by atoms with Crippen molar-refractivity contribution < 1.29 is 23.0 Å². The maximum absolute atomic E-state index is 13.1. The number of carbonyl (C=O) groups excluding carboxylic acids is 1. The van der Waals surface area contributed by atoms with Gasteiger partial charge >= 0.3 is 0 Å². The third-order valence-electron chi connectivity index (χ3n) is 3.45. The number of hydrogen-bond donors (Lipinski definition) is 1. The summed E-state index contributed by atoms with van der Waals surface area (Å²) in [4.78, 5) is 12.0. The molecule has 1 N–H and O–H groups in total. The first kappa shape index (κ1) is 15.3. The van der Waals surface area contributed by atoms with Crippen molar-refractivity contribution in [3.8, 4) is 11.5 Å². The minimum Gasteiger partial charge on any atom is -0.486 e. The Hall–Kier alpha value is -2.63. The molecule has 23 heavy (non-hydrogen) atoms.